The summed E-state index contributed by atoms with van der Waals surface area (Å²) in [6.07, 6.45) is 8.71. The first-order chi connectivity index (χ1) is 26.7. The molecule has 300 valence electrons. The van der Waals surface area contributed by atoms with Crippen LogP contribution in [0.5, 0.6) is 46.0 Å². The summed E-state index contributed by atoms with van der Waals surface area (Å²) in [4.78, 5) is 22.1. The highest BCUT2D eigenvalue weighted by Crippen LogP contribution is 2.31. The first-order valence-electron chi connectivity index (χ1n) is 18.9. The molecule has 10 heteroatoms. The summed E-state index contributed by atoms with van der Waals surface area (Å²) in [6.45, 7) is 15.3. The van der Waals surface area contributed by atoms with Crippen LogP contribution in [0.3, 0.4) is 0 Å². The standard InChI is InChI=1S/C26H34O4.C20H22O6/c1-19(2)13-15-29-25-17-21(9-11-23(25)27)7-5-6-8-22-10-12-24(28)26(18-22)30-16-14-20(3)4;1-13(21)25-19-11-15(7-9-17(19)23)5-3-4-6-16-8-10-18(24)20(12-16)26-14(2)22/h9-12,17-18,27-28H,1,3,5-8,13-16H2,2,4H3;7-12,23-24H,3-6H2,1-2H3. The number of carbonyl (C=O) groups excluding carboxylic acids is 2. The van der Waals surface area contributed by atoms with Crippen LogP contribution < -0.4 is 18.9 Å². The Kier molecular flexibility index (Phi) is 18.4. The number of hydrogen-bond acceptors (Lipinski definition) is 10. The van der Waals surface area contributed by atoms with E-state index in [0.29, 0.717) is 24.7 Å². The number of benzene rings is 4. The molecule has 0 aliphatic heterocycles. The maximum Gasteiger partial charge on any atom is 0.308 e. The number of aryl methyl sites for hydroxylation is 4. The van der Waals surface area contributed by atoms with Gasteiger partial charge in [0.2, 0.25) is 0 Å². The fourth-order valence-electron chi connectivity index (χ4n) is 5.55. The van der Waals surface area contributed by atoms with E-state index in [2.05, 4.69) is 13.2 Å². The highest BCUT2D eigenvalue weighted by Gasteiger charge is 2.10. The van der Waals surface area contributed by atoms with Gasteiger partial charge in [0.15, 0.2) is 46.0 Å². The van der Waals surface area contributed by atoms with Crippen molar-refractivity contribution in [1.29, 1.82) is 0 Å². The van der Waals surface area contributed by atoms with E-state index >= 15 is 0 Å². The predicted octanol–water partition coefficient (Wildman–Crippen LogP) is 9.87. The minimum absolute atomic E-state index is 0.0638. The van der Waals surface area contributed by atoms with Gasteiger partial charge in [0.1, 0.15) is 0 Å². The van der Waals surface area contributed by atoms with Gasteiger partial charge in [0.25, 0.3) is 0 Å². The molecule has 4 aromatic carbocycles. The first kappa shape index (κ1) is 44.5. The van der Waals surface area contributed by atoms with Crippen LogP contribution in [0.1, 0.15) is 88.5 Å². The van der Waals surface area contributed by atoms with Crippen molar-refractivity contribution in [2.24, 2.45) is 0 Å². The second-order valence-electron chi connectivity index (χ2n) is 13.9. The number of rotatable bonds is 20. The van der Waals surface area contributed by atoms with Crippen molar-refractivity contribution in [3.63, 3.8) is 0 Å². The summed E-state index contributed by atoms with van der Waals surface area (Å²) in [6, 6.07) is 21.0. The van der Waals surface area contributed by atoms with Crippen LogP contribution >= 0.6 is 0 Å². The van der Waals surface area contributed by atoms with E-state index in [1.807, 2.05) is 38.1 Å². The van der Waals surface area contributed by atoms with Crippen LogP contribution in [0.25, 0.3) is 0 Å². The Labute approximate surface area is 330 Å². The third kappa shape index (κ3) is 16.6. The second kappa shape index (κ2) is 23.1. The molecule has 4 rings (SSSR count). The summed E-state index contributed by atoms with van der Waals surface area (Å²) in [5.41, 5.74) is 6.34. The summed E-state index contributed by atoms with van der Waals surface area (Å²) in [5, 5.41) is 39.3. The van der Waals surface area contributed by atoms with Gasteiger partial charge in [-0.2, -0.15) is 0 Å². The minimum atomic E-state index is -0.478. The lowest BCUT2D eigenvalue weighted by atomic mass is 10.0. The van der Waals surface area contributed by atoms with Crippen molar-refractivity contribution >= 4 is 11.9 Å². The quantitative estimate of drug-likeness (QED) is 0.0296. The van der Waals surface area contributed by atoms with E-state index in [4.69, 9.17) is 18.9 Å². The van der Waals surface area contributed by atoms with Gasteiger partial charge in [-0.25, -0.2) is 0 Å². The number of aromatic hydroxyl groups is 4. The Morgan fingerprint density at radius 2 is 0.732 bits per heavy atom. The van der Waals surface area contributed by atoms with Gasteiger partial charge in [-0.15, -0.1) is 13.2 Å². The zero-order valence-corrected chi connectivity index (χ0v) is 33.1. The van der Waals surface area contributed by atoms with Crippen molar-refractivity contribution in [2.45, 2.75) is 91.9 Å². The number of unbranched alkanes of at least 4 members (excludes halogenated alkanes) is 2. The van der Waals surface area contributed by atoms with E-state index in [1.165, 1.54) is 26.0 Å². The minimum Gasteiger partial charge on any atom is -0.504 e. The van der Waals surface area contributed by atoms with E-state index in [9.17, 15) is 30.0 Å². The Balaban J connectivity index is 0.000000303. The number of phenolic OH excluding ortho intramolecular Hbond substituents is 4. The molecule has 0 amide bonds. The van der Waals surface area contributed by atoms with Gasteiger partial charge in [-0.1, -0.05) is 35.4 Å². The lowest BCUT2D eigenvalue weighted by molar-refractivity contribution is -0.132. The van der Waals surface area contributed by atoms with Gasteiger partial charge in [-0.05, 0) is 136 Å². The molecule has 4 N–H and O–H groups in total. The lowest BCUT2D eigenvalue weighted by Crippen LogP contribution is -2.02. The third-order valence-electron chi connectivity index (χ3n) is 8.54. The van der Waals surface area contributed by atoms with E-state index in [0.717, 1.165) is 97.6 Å². The molecule has 0 bridgehead atoms. The van der Waals surface area contributed by atoms with E-state index < -0.39 is 11.9 Å². The Morgan fingerprint density at radius 1 is 0.464 bits per heavy atom. The largest absolute Gasteiger partial charge is 0.504 e. The highest BCUT2D eigenvalue weighted by molar-refractivity contribution is 5.71. The molecule has 0 saturated carbocycles. The molecule has 0 fully saturated rings. The molecule has 0 unspecified atom stereocenters. The fraction of sp³-hybridized carbons (Fsp3) is 0.348. The molecule has 4 aromatic rings. The monoisotopic (exact) mass is 768 g/mol. The maximum absolute atomic E-state index is 11.0. The summed E-state index contributed by atoms with van der Waals surface area (Å²) >= 11 is 0. The van der Waals surface area contributed by atoms with Crippen molar-refractivity contribution in [1.82, 2.24) is 0 Å². The summed E-state index contributed by atoms with van der Waals surface area (Å²) in [5.74, 6) is 0.651. The highest BCUT2D eigenvalue weighted by atomic mass is 16.5. The van der Waals surface area contributed by atoms with Crippen molar-refractivity contribution in [2.75, 3.05) is 13.2 Å². The van der Waals surface area contributed by atoms with E-state index in [1.54, 1.807) is 36.4 Å². The summed E-state index contributed by atoms with van der Waals surface area (Å²) in [7, 11) is 0. The third-order valence-corrected chi connectivity index (χ3v) is 8.54. The number of ether oxygens (including phenoxy) is 4. The second-order valence-corrected chi connectivity index (χ2v) is 13.9. The summed E-state index contributed by atoms with van der Waals surface area (Å²) < 4.78 is 21.3. The van der Waals surface area contributed by atoms with Gasteiger partial charge < -0.3 is 39.4 Å². The van der Waals surface area contributed by atoms with Crippen LogP contribution in [0, 0.1) is 0 Å². The average Bonchev–Trinajstić information content (AvgIpc) is 3.13. The Morgan fingerprint density at radius 3 is 1.00 bits per heavy atom. The van der Waals surface area contributed by atoms with Crippen LogP contribution in [0.2, 0.25) is 0 Å². The lowest BCUT2D eigenvalue weighted by Gasteiger charge is -2.11. The number of hydrogen-bond donors (Lipinski definition) is 4. The van der Waals surface area contributed by atoms with Crippen LogP contribution in [0.15, 0.2) is 97.1 Å². The van der Waals surface area contributed by atoms with Crippen LogP contribution in [0.4, 0.5) is 0 Å². The molecular weight excluding hydrogens is 712 g/mol. The van der Waals surface area contributed by atoms with Crippen molar-refractivity contribution in [3.8, 4) is 46.0 Å². The molecule has 0 aromatic heterocycles. The topological polar surface area (TPSA) is 152 Å². The van der Waals surface area contributed by atoms with Gasteiger partial charge in [0, 0.05) is 26.7 Å². The van der Waals surface area contributed by atoms with Crippen molar-refractivity contribution in [3.05, 3.63) is 119 Å². The SMILES string of the molecule is C=C(C)CCOc1cc(CCCCc2ccc(O)c(OCCC(=C)C)c2)ccc1O.CC(=O)Oc1cc(CCCCc2ccc(O)c(OC(C)=O)c2)ccc1O. The molecule has 0 aliphatic carbocycles. The normalized spacial score (nSPS) is 10.5. The fourth-order valence-corrected chi connectivity index (χ4v) is 5.55. The Bertz CT molecular complexity index is 1790. The zero-order valence-electron chi connectivity index (χ0n) is 33.1. The van der Waals surface area contributed by atoms with Crippen LogP contribution in [-0.2, 0) is 35.3 Å². The van der Waals surface area contributed by atoms with Gasteiger partial charge in [-0.3, -0.25) is 9.59 Å². The van der Waals surface area contributed by atoms with Gasteiger partial charge in [0.05, 0.1) is 13.2 Å². The molecule has 0 aliphatic rings. The zero-order chi connectivity index (χ0) is 41.0. The molecule has 0 saturated heterocycles. The molecule has 10 nitrogen and oxygen atoms in total. The maximum atomic E-state index is 11.0. The van der Waals surface area contributed by atoms with Crippen molar-refractivity contribution < 1.29 is 49.0 Å². The first-order valence-corrected chi connectivity index (χ1v) is 18.9. The Hall–Kier alpha value is -5.90. The smallest absolute Gasteiger partial charge is 0.308 e. The molecular formula is C46H56O10. The molecule has 0 heterocycles. The number of phenols is 4. The molecule has 56 heavy (non-hydrogen) atoms. The number of esters is 2. The molecule has 0 spiro atoms. The molecule has 0 radical (unpaired) electrons. The predicted molar refractivity (Wildman–Crippen MR) is 218 cm³/mol. The number of carbonyl (C=O) groups is 2. The van der Waals surface area contributed by atoms with Crippen LogP contribution in [-0.4, -0.2) is 45.6 Å². The average molecular weight is 769 g/mol. The molecule has 0 atom stereocenters. The van der Waals surface area contributed by atoms with Gasteiger partial charge >= 0.3 is 11.9 Å². The van der Waals surface area contributed by atoms with E-state index in [-0.39, 0.29) is 34.5 Å².